The molecule has 1 unspecified atom stereocenters. The number of nitriles is 1. The molecule has 96 valence electrons. The fourth-order valence-corrected chi connectivity index (χ4v) is 2.04. The molecule has 1 fully saturated rings. The van der Waals surface area contributed by atoms with Gasteiger partial charge in [-0.3, -0.25) is 9.69 Å². The first-order valence-electron chi connectivity index (χ1n) is 6.07. The molecular weight excluding hydrogens is 218 g/mol. The molecule has 1 heterocycles. The maximum Gasteiger partial charge on any atom is 0.239 e. The van der Waals surface area contributed by atoms with Crippen LogP contribution in [0.4, 0.5) is 0 Å². The lowest BCUT2D eigenvalue weighted by Crippen LogP contribution is -2.52. The lowest BCUT2D eigenvalue weighted by atomic mass is 10.2. The third-order valence-electron chi connectivity index (χ3n) is 3.09. The number of carbonyl (C=O) groups excluding carboxylic acids is 1. The van der Waals surface area contributed by atoms with Crippen molar-refractivity contribution in [1.82, 2.24) is 9.80 Å². The highest BCUT2D eigenvalue weighted by atomic mass is 16.5. The van der Waals surface area contributed by atoms with Crippen LogP contribution in [0.2, 0.25) is 0 Å². The number of hydrogen-bond acceptors (Lipinski definition) is 4. The monoisotopic (exact) mass is 239 g/mol. The van der Waals surface area contributed by atoms with Crippen LogP contribution in [-0.4, -0.2) is 60.6 Å². The topological polar surface area (TPSA) is 56.6 Å². The Bertz CT molecular complexity index is 293. The molecule has 0 aromatic heterocycles. The second kappa shape index (κ2) is 6.58. The first-order chi connectivity index (χ1) is 8.07. The summed E-state index contributed by atoms with van der Waals surface area (Å²) in [6, 6.07) is 2.06. The fraction of sp³-hybridized carbons (Fsp3) is 0.833. The fourth-order valence-electron chi connectivity index (χ4n) is 2.04. The molecule has 0 aromatic rings. The normalized spacial score (nSPS) is 18.2. The van der Waals surface area contributed by atoms with Crippen molar-refractivity contribution >= 4 is 5.91 Å². The Kier molecular flexibility index (Phi) is 5.39. The molecule has 17 heavy (non-hydrogen) atoms. The van der Waals surface area contributed by atoms with Crippen LogP contribution in [0.25, 0.3) is 0 Å². The largest absolute Gasteiger partial charge is 0.378 e. The Morgan fingerprint density at radius 3 is 2.47 bits per heavy atom. The van der Waals surface area contributed by atoms with Crippen LogP contribution in [0.5, 0.6) is 0 Å². The van der Waals surface area contributed by atoms with Crippen LogP contribution in [-0.2, 0) is 9.53 Å². The molecule has 0 N–H and O–H groups in total. The molecule has 0 aliphatic carbocycles. The number of nitrogens with zero attached hydrogens (tertiary/aromatic N) is 3. The van der Waals surface area contributed by atoms with Crippen molar-refractivity contribution in [2.45, 2.75) is 32.9 Å². The van der Waals surface area contributed by atoms with Gasteiger partial charge in [0.1, 0.15) is 0 Å². The van der Waals surface area contributed by atoms with Gasteiger partial charge in [-0.05, 0) is 20.8 Å². The first kappa shape index (κ1) is 13.9. The summed E-state index contributed by atoms with van der Waals surface area (Å²) in [5.74, 6) is 0.0947. The van der Waals surface area contributed by atoms with E-state index in [9.17, 15) is 4.79 Å². The standard InChI is InChI=1S/C12H21N3O2/c1-10(2)15(5-4-13)11(3)12(16)14-6-8-17-9-7-14/h10-11H,5-9H2,1-3H3. The van der Waals surface area contributed by atoms with Gasteiger partial charge in [-0.25, -0.2) is 0 Å². The van der Waals surface area contributed by atoms with Crippen molar-refractivity contribution in [2.24, 2.45) is 0 Å². The number of ether oxygens (including phenoxy) is 1. The summed E-state index contributed by atoms with van der Waals surface area (Å²) in [4.78, 5) is 16.0. The molecule has 0 aromatic carbocycles. The van der Waals surface area contributed by atoms with Gasteiger partial charge in [-0.2, -0.15) is 5.26 Å². The van der Waals surface area contributed by atoms with Crippen molar-refractivity contribution in [2.75, 3.05) is 32.8 Å². The SMILES string of the molecule is CC(C)N(CC#N)C(C)C(=O)N1CCOCC1. The number of morpholine rings is 1. The summed E-state index contributed by atoms with van der Waals surface area (Å²) in [5.41, 5.74) is 0. The van der Waals surface area contributed by atoms with Gasteiger partial charge in [0.05, 0.1) is 31.9 Å². The zero-order chi connectivity index (χ0) is 12.8. The number of carbonyl (C=O) groups is 1. The van der Waals surface area contributed by atoms with Crippen molar-refractivity contribution in [1.29, 1.82) is 5.26 Å². The molecule has 0 radical (unpaired) electrons. The second-order valence-electron chi connectivity index (χ2n) is 4.54. The Hall–Kier alpha value is -1.12. The van der Waals surface area contributed by atoms with Gasteiger partial charge in [0.25, 0.3) is 0 Å². The molecule has 1 amide bonds. The lowest BCUT2D eigenvalue weighted by molar-refractivity contribution is -0.140. The molecule has 1 rings (SSSR count). The van der Waals surface area contributed by atoms with Crippen LogP contribution in [0, 0.1) is 11.3 Å². The van der Waals surface area contributed by atoms with Gasteiger partial charge in [0.15, 0.2) is 0 Å². The maximum atomic E-state index is 12.2. The number of amides is 1. The predicted octanol–water partition coefficient (Wildman–Crippen LogP) is 0.468. The molecule has 1 aliphatic heterocycles. The smallest absolute Gasteiger partial charge is 0.239 e. The second-order valence-corrected chi connectivity index (χ2v) is 4.54. The zero-order valence-corrected chi connectivity index (χ0v) is 10.8. The summed E-state index contributed by atoms with van der Waals surface area (Å²) in [5, 5.41) is 8.79. The first-order valence-corrected chi connectivity index (χ1v) is 6.07. The Labute approximate surface area is 103 Å². The Morgan fingerprint density at radius 1 is 1.41 bits per heavy atom. The quantitative estimate of drug-likeness (QED) is 0.669. The van der Waals surface area contributed by atoms with Crippen molar-refractivity contribution < 1.29 is 9.53 Å². The van der Waals surface area contributed by atoms with E-state index in [1.165, 1.54) is 0 Å². The Balaban J connectivity index is 2.62. The van der Waals surface area contributed by atoms with Gasteiger partial charge in [0.2, 0.25) is 5.91 Å². The molecule has 0 bridgehead atoms. The van der Waals surface area contributed by atoms with Crippen LogP contribution >= 0.6 is 0 Å². The zero-order valence-electron chi connectivity index (χ0n) is 10.8. The van der Waals surface area contributed by atoms with Gasteiger partial charge < -0.3 is 9.64 Å². The highest BCUT2D eigenvalue weighted by molar-refractivity contribution is 5.81. The minimum absolute atomic E-state index is 0.0947. The van der Waals surface area contributed by atoms with E-state index in [4.69, 9.17) is 10.00 Å². The van der Waals surface area contributed by atoms with Crippen molar-refractivity contribution in [3.05, 3.63) is 0 Å². The van der Waals surface area contributed by atoms with Gasteiger partial charge >= 0.3 is 0 Å². The van der Waals surface area contributed by atoms with Crippen LogP contribution in [0.3, 0.4) is 0 Å². The van der Waals surface area contributed by atoms with Gasteiger partial charge in [0, 0.05) is 19.1 Å². The average molecular weight is 239 g/mol. The minimum atomic E-state index is -0.243. The molecule has 1 atom stereocenters. The Morgan fingerprint density at radius 2 is 2.00 bits per heavy atom. The number of rotatable bonds is 4. The van der Waals surface area contributed by atoms with Crippen molar-refractivity contribution in [3.8, 4) is 6.07 Å². The minimum Gasteiger partial charge on any atom is -0.378 e. The average Bonchev–Trinajstić information content (AvgIpc) is 2.35. The van der Waals surface area contributed by atoms with Crippen molar-refractivity contribution in [3.63, 3.8) is 0 Å². The van der Waals surface area contributed by atoms with E-state index in [1.807, 2.05) is 30.6 Å². The van der Waals surface area contributed by atoms with E-state index >= 15 is 0 Å². The molecule has 1 saturated heterocycles. The third kappa shape index (κ3) is 3.69. The van der Waals surface area contributed by atoms with E-state index in [-0.39, 0.29) is 24.5 Å². The van der Waals surface area contributed by atoms with E-state index in [0.717, 1.165) is 0 Å². The number of hydrogen-bond donors (Lipinski definition) is 0. The third-order valence-corrected chi connectivity index (χ3v) is 3.09. The van der Waals surface area contributed by atoms with Gasteiger partial charge in [-0.15, -0.1) is 0 Å². The molecular formula is C12H21N3O2. The molecule has 0 saturated carbocycles. The van der Waals surface area contributed by atoms with Gasteiger partial charge in [-0.1, -0.05) is 0 Å². The van der Waals surface area contributed by atoms with Crippen LogP contribution < -0.4 is 0 Å². The lowest BCUT2D eigenvalue weighted by Gasteiger charge is -2.35. The van der Waals surface area contributed by atoms with Crippen LogP contribution in [0.15, 0.2) is 0 Å². The highest BCUT2D eigenvalue weighted by Gasteiger charge is 2.28. The molecule has 0 spiro atoms. The molecule has 5 nitrogen and oxygen atoms in total. The molecule has 5 heteroatoms. The predicted molar refractivity (Wildman–Crippen MR) is 64.3 cm³/mol. The maximum absolute atomic E-state index is 12.2. The van der Waals surface area contributed by atoms with Crippen LogP contribution in [0.1, 0.15) is 20.8 Å². The van der Waals surface area contributed by atoms with E-state index in [1.54, 1.807) is 0 Å². The highest BCUT2D eigenvalue weighted by Crippen LogP contribution is 2.09. The molecule has 1 aliphatic rings. The summed E-state index contributed by atoms with van der Waals surface area (Å²) < 4.78 is 5.23. The van der Waals surface area contributed by atoms with E-state index in [2.05, 4.69) is 6.07 Å². The summed E-state index contributed by atoms with van der Waals surface area (Å²) in [6.07, 6.45) is 0. The van der Waals surface area contributed by atoms with E-state index in [0.29, 0.717) is 26.3 Å². The summed E-state index contributed by atoms with van der Waals surface area (Å²) in [6.45, 7) is 8.69. The van der Waals surface area contributed by atoms with E-state index < -0.39 is 0 Å². The summed E-state index contributed by atoms with van der Waals surface area (Å²) >= 11 is 0. The summed E-state index contributed by atoms with van der Waals surface area (Å²) in [7, 11) is 0.